The number of aryl methyl sites for hydroxylation is 1. The number of anilines is 2. The maximum atomic E-state index is 12.7. The molecule has 1 aliphatic heterocycles. The van der Waals surface area contributed by atoms with Gasteiger partial charge >= 0.3 is 0 Å². The Bertz CT molecular complexity index is 1030. The molecule has 4 rings (SSSR count). The first-order chi connectivity index (χ1) is 13.5. The zero-order valence-corrected chi connectivity index (χ0v) is 15.8. The highest BCUT2D eigenvalue weighted by Gasteiger charge is 2.36. The van der Waals surface area contributed by atoms with Gasteiger partial charge in [0.05, 0.1) is 5.92 Å². The molecule has 1 aromatic heterocycles. The summed E-state index contributed by atoms with van der Waals surface area (Å²) in [5.74, 6) is 0.0524. The van der Waals surface area contributed by atoms with Gasteiger partial charge in [0.25, 0.3) is 0 Å². The molecule has 0 bridgehead atoms. The summed E-state index contributed by atoms with van der Waals surface area (Å²) in [5.41, 5.74) is 3.92. The lowest BCUT2D eigenvalue weighted by molar-refractivity contribution is -0.122. The van der Waals surface area contributed by atoms with E-state index in [0.29, 0.717) is 12.4 Å². The third-order valence-electron chi connectivity index (χ3n) is 5.13. The predicted octanol–water partition coefficient (Wildman–Crippen LogP) is 3.08. The number of benzene rings is 2. The first kappa shape index (κ1) is 17.9. The summed E-state index contributed by atoms with van der Waals surface area (Å²) >= 11 is 0. The zero-order chi connectivity index (χ0) is 19.7. The minimum absolute atomic E-state index is 0.0474. The van der Waals surface area contributed by atoms with Crippen LogP contribution in [0.1, 0.15) is 17.5 Å². The van der Waals surface area contributed by atoms with Gasteiger partial charge in [-0.3, -0.25) is 20.0 Å². The molecule has 2 aromatic carbocycles. The van der Waals surface area contributed by atoms with Gasteiger partial charge in [0, 0.05) is 24.2 Å². The number of hydrogen-bond acceptors (Lipinski definition) is 4. The van der Waals surface area contributed by atoms with Crippen molar-refractivity contribution < 1.29 is 9.59 Å². The van der Waals surface area contributed by atoms with Crippen LogP contribution in [-0.4, -0.2) is 33.5 Å². The fraction of sp³-hybridized carbons (Fsp3) is 0.238. The van der Waals surface area contributed by atoms with E-state index in [0.717, 1.165) is 22.4 Å². The number of nitrogens with zero attached hydrogens (tertiary/aromatic N) is 3. The fourth-order valence-corrected chi connectivity index (χ4v) is 3.40. The Morgan fingerprint density at radius 3 is 2.71 bits per heavy atom. The van der Waals surface area contributed by atoms with Crippen LogP contribution in [0.2, 0.25) is 0 Å². The van der Waals surface area contributed by atoms with E-state index in [-0.39, 0.29) is 24.2 Å². The second kappa shape index (κ2) is 7.26. The van der Waals surface area contributed by atoms with Crippen molar-refractivity contribution in [3.8, 4) is 11.4 Å². The van der Waals surface area contributed by atoms with E-state index in [1.165, 1.54) is 0 Å². The Morgan fingerprint density at radius 1 is 1.14 bits per heavy atom. The van der Waals surface area contributed by atoms with Gasteiger partial charge in [0.15, 0.2) is 5.82 Å². The van der Waals surface area contributed by atoms with Gasteiger partial charge in [-0.25, -0.2) is 0 Å². The molecule has 0 spiro atoms. The molecule has 1 aliphatic rings. The van der Waals surface area contributed by atoms with E-state index in [1.54, 1.807) is 4.90 Å². The highest BCUT2D eigenvalue weighted by molar-refractivity contribution is 6.03. The molecule has 3 aromatic rings. The lowest BCUT2D eigenvalue weighted by Crippen LogP contribution is -2.29. The molecule has 0 radical (unpaired) electrons. The van der Waals surface area contributed by atoms with E-state index < -0.39 is 5.92 Å². The molecule has 0 saturated carbocycles. The van der Waals surface area contributed by atoms with E-state index in [2.05, 4.69) is 20.5 Å². The number of nitrogens with one attached hydrogen (secondary N) is 2. The van der Waals surface area contributed by atoms with Crippen molar-refractivity contribution in [2.45, 2.75) is 20.3 Å². The van der Waals surface area contributed by atoms with Crippen LogP contribution >= 0.6 is 0 Å². The standard InChI is InChI=1S/C21H21N5O2/c1-13-7-6-10-17(14(13)2)26-12-16(11-18(26)27)20(28)23-21-22-19(24-25-21)15-8-4-3-5-9-15/h3-10,16H,11-12H2,1-2H3,(H2,22,23,24,25,28)/t16-/m1/s1. The first-order valence-corrected chi connectivity index (χ1v) is 9.18. The van der Waals surface area contributed by atoms with Crippen LogP contribution in [-0.2, 0) is 9.59 Å². The largest absolute Gasteiger partial charge is 0.311 e. The molecule has 2 amide bonds. The molecule has 1 atom stereocenters. The van der Waals surface area contributed by atoms with Crippen molar-refractivity contribution in [1.29, 1.82) is 0 Å². The molecule has 2 N–H and O–H groups in total. The quantitative estimate of drug-likeness (QED) is 0.733. The van der Waals surface area contributed by atoms with Crippen LogP contribution in [0.5, 0.6) is 0 Å². The summed E-state index contributed by atoms with van der Waals surface area (Å²) in [6.07, 6.45) is 0.176. The number of amides is 2. The van der Waals surface area contributed by atoms with Crippen molar-refractivity contribution in [1.82, 2.24) is 15.2 Å². The normalized spacial score (nSPS) is 16.4. The third kappa shape index (κ3) is 3.38. The van der Waals surface area contributed by atoms with Crippen LogP contribution < -0.4 is 10.2 Å². The van der Waals surface area contributed by atoms with Crippen molar-refractivity contribution in [3.63, 3.8) is 0 Å². The van der Waals surface area contributed by atoms with Crippen molar-refractivity contribution in [2.24, 2.45) is 5.92 Å². The van der Waals surface area contributed by atoms with Crippen molar-refractivity contribution >= 4 is 23.5 Å². The van der Waals surface area contributed by atoms with E-state index in [1.807, 2.05) is 62.4 Å². The SMILES string of the molecule is Cc1cccc(N2C[C@H](C(=O)Nc3n[nH]c(-c4ccccc4)n3)CC2=O)c1C. The van der Waals surface area contributed by atoms with Gasteiger partial charge in [-0.1, -0.05) is 42.5 Å². The van der Waals surface area contributed by atoms with Crippen molar-refractivity contribution in [2.75, 3.05) is 16.8 Å². The van der Waals surface area contributed by atoms with E-state index in [4.69, 9.17) is 0 Å². The summed E-state index contributed by atoms with van der Waals surface area (Å²) in [6.45, 7) is 4.35. The first-order valence-electron chi connectivity index (χ1n) is 9.18. The molecular weight excluding hydrogens is 354 g/mol. The molecule has 0 unspecified atom stereocenters. The van der Waals surface area contributed by atoms with E-state index >= 15 is 0 Å². The second-order valence-corrected chi connectivity index (χ2v) is 6.99. The molecule has 2 heterocycles. The van der Waals surface area contributed by atoms with Crippen LogP contribution in [0, 0.1) is 19.8 Å². The second-order valence-electron chi connectivity index (χ2n) is 6.99. The number of hydrogen-bond donors (Lipinski definition) is 2. The summed E-state index contributed by atoms with van der Waals surface area (Å²) in [4.78, 5) is 31.2. The van der Waals surface area contributed by atoms with Gasteiger partial charge in [0.2, 0.25) is 17.8 Å². The lowest BCUT2D eigenvalue weighted by atomic mass is 10.1. The van der Waals surface area contributed by atoms with Crippen LogP contribution in [0.3, 0.4) is 0 Å². The lowest BCUT2D eigenvalue weighted by Gasteiger charge is -2.20. The van der Waals surface area contributed by atoms with Gasteiger partial charge in [0.1, 0.15) is 0 Å². The minimum Gasteiger partial charge on any atom is -0.311 e. The zero-order valence-electron chi connectivity index (χ0n) is 15.8. The molecule has 1 fully saturated rings. The molecule has 0 aliphatic carbocycles. The van der Waals surface area contributed by atoms with Crippen molar-refractivity contribution in [3.05, 3.63) is 59.7 Å². The molecule has 7 nitrogen and oxygen atoms in total. The monoisotopic (exact) mass is 375 g/mol. The summed E-state index contributed by atoms with van der Waals surface area (Å²) < 4.78 is 0. The Hall–Kier alpha value is -3.48. The third-order valence-corrected chi connectivity index (χ3v) is 5.13. The smallest absolute Gasteiger partial charge is 0.249 e. The maximum absolute atomic E-state index is 12.7. The van der Waals surface area contributed by atoms with Crippen LogP contribution in [0.25, 0.3) is 11.4 Å². The number of carbonyl (C=O) groups is 2. The van der Waals surface area contributed by atoms with Gasteiger partial charge in [-0.05, 0) is 31.0 Å². The number of aromatic amines is 1. The molecule has 1 saturated heterocycles. The maximum Gasteiger partial charge on any atom is 0.249 e. The van der Waals surface area contributed by atoms with Gasteiger partial charge in [-0.2, -0.15) is 4.98 Å². The average Bonchev–Trinajstić information content (AvgIpc) is 3.32. The van der Waals surface area contributed by atoms with Crippen LogP contribution in [0.15, 0.2) is 48.5 Å². The fourth-order valence-electron chi connectivity index (χ4n) is 3.40. The Labute approximate surface area is 162 Å². The summed E-state index contributed by atoms with van der Waals surface area (Å²) in [7, 11) is 0. The van der Waals surface area contributed by atoms with Gasteiger partial charge < -0.3 is 4.90 Å². The minimum atomic E-state index is -0.439. The highest BCUT2D eigenvalue weighted by atomic mass is 16.2. The number of rotatable bonds is 4. The van der Waals surface area contributed by atoms with E-state index in [9.17, 15) is 9.59 Å². The number of carbonyl (C=O) groups excluding carboxylic acids is 2. The summed E-state index contributed by atoms with van der Waals surface area (Å²) in [5, 5.41) is 9.60. The predicted molar refractivity (Wildman–Crippen MR) is 107 cm³/mol. The number of aromatic nitrogens is 3. The highest BCUT2D eigenvalue weighted by Crippen LogP contribution is 2.29. The topological polar surface area (TPSA) is 91.0 Å². The Balaban J connectivity index is 1.46. The molecule has 142 valence electrons. The molecule has 7 heteroatoms. The summed E-state index contributed by atoms with van der Waals surface area (Å²) in [6, 6.07) is 15.4. The Kier molecular flexibility index (Phi) is 4.65. The number of H-pyrrole nitrogens is 1. The molecule has 28 heavy (non-hydrogen) atoms. The van der Waals surface area contributed by atoms with Gasteiger partial charge in [-0.15, -0.1) is 5.10 Å². The Morgan fingerprint density at radius 2 is 1.93 bits per heavy atom. The van der Waals surface area contributed by atoms with Crippen LogP contribution in [0.4, 0.5) is 11.6 Å². The molecular formula is C21H21N5O2. The average molecular weight is 375 g/mol.